The molecule has 1 aromatic heterocycles. The van der Waals surface area contributed by atoms with Gasteiger partial charge in [0.2, 0.25) is 5.91 Å². The Morgan fingerprint density at radius 2 is 1.36 bits per heavy atom. The second kappa shape index (κ2) is 42.2. The van der Waals surface area contributed by atoms with Crippen LogP contribution in [-0.2, 0) is 64.0 Å². The van der Waals surface area contributed by atoms with Crippen molar-refractivity contribution >= 4 is 97.0 Å². The van der Waals surface area contributed by atoms with Gasteiger partial charge in [-0.3, -0.25) is 14.4 Å². The van der Waals surface area contributed by atoms with E-state index in [-0.39, 0.29) is 87.5 Å². The van der Waals surface area contributed by atoms with Gasteiger partial charge in [0.1, 0.15) is 12.8 Å². The molecule has 0 radical (unpaired) electrons. The molecule has 0 aliphatic carbocycles. The molecule has 494 valence electrons. The number of nitrogens with one attached hydrogen (secondary N) is 2. The van der Waals surface area contributed by atoms with Crippen molar-refractivity contribution in [3.8, 4) is 0 Å². The summed E-state index contributed by atoms with van der Waals surface area (Å²) in [6, 6.07) is 45.0. The van der Waals surface area contributed by atoms with E-state index in [1.807, 2.05) is 72.9 Å². The fourth-order valence-electron chi connectivity index (χ4n) is 10.8. The fraction of sp³-hybridized carbons (Fsp3) is 0.352. The first-order valence-corrected chi connectivity index (χ1v) is 34.5. The number of halogens is 1. The van der Waals surface area contributed by atoms with Gasteiger partial charge in [-0.05, 0) is 133 Å². The van der Waals surface area contributed by atoms with Crippen LogP contribution in [0.3, 0.4) is 0 Å². The van der Waals surface area contributed by atoms with Gasteiger partial charge in [0, 0.05) is 49.5 Å². The smallest absolute Gasteiger partial charge is 0.388 e. The standard InChI is InChI=1S/C71H82ClN5O7P.2Na.2O3S/c1-7-9-40-76-50-56(72)49-61-68(76)75-65(70(61,3)4)34-31-53(32-35-66-71(5,6)60-27-16-17-28-62(60)77(66)39-8-2)54-22-18-21-52(47-54)29-36-67(80)73-37-19-41-82-43-45-84-46-44-83-42-20-38-74-69(81)55-30-33-59(63(79)51-78)64(48-55)85(57-23-12-10-13-24-57)58-25-14-11-15-26-58;;;2*1-4(2)3/h10-15,17-18,21-28,30-35,47-50,78H,2,7-9,19-20,29,36-46,51H2,1,3-6H3,(H,73,80)(H,74,81);;;;/q-1;2*+1;;. The number of allylic oxidation sites excluding steroid dienone is 6. The molecule has 3 N–H and O–H groups in total. The van der Waals surface area contributed by atoms with Gasteiger partial charge in [0.15, 0.2) is 11.5 Å². The Hall–Kier alpha value is -5.65. The van der Waals surface area contributed by atoms with Crippen LogP contribution in [0.5, 0.6) is 0 Å². The zero-order valence-corrected chi connectivity index (χ0v) is 62.6. The van der Waals surface area contributed by atoms with Crippen molar-refractivity contribution in [2.45, 2.75) is 96.9 Å². The number of fused-ring (bicyclic) bond motifs is 2. The van der Waals surface area contributed by atoms with E-state index in [4.69, 9.17) is 56.1 Å². The molecular formula is C71H82ClN5Na2O13PS2+. The number of aromatic nitrogens is 1. The van der Waals surface area contributed by atoms with E-state index in [1.165, 1.54) is 16.9 Å². The summed E-state index contributed by atoms with van der Waals surface area (Å²) in [5.41, 5.74) is 9.13. The minimum absolute atomic E-state index is 0. The Balaban J connectivity index is 0.00000182. The number of unbranched alkanes of at least 4 members (excludes halogenated alkanes) is 1. The minimum atomic E-state index is -3.11. The molecule has 6 aromatic rings. The van der Waals surface area contributed by atoms with Crippen LogP contribution in [-0.4, -0.2) is 120 Å². The van der Waals surface area contributed by atoms with Gasteiger partial charge in [-0.1, -0.05) is 142 Å². The Morgan fingerprint density at radius 3 is 1.96 bits per heavy atom. The SMILES string of the molecule is O=S(=O)=O.O=S(=O)=O.[CH2-]CCN1\C(=C/C=C(/C=C/C2=Nc3c(cc(Cl)c[n+]3CCCC)C2(C)C)c2cccc(CCC(=O)NCCCOCCOCCOCCCNC(=O)c3ccc(C(=O)CO)c(P(c4ccccc4)c4ccccc4)c3)c2)C(C)(C)c2c[c-]ccc21.[Na+].[Na+]. The molecule has 0 spiro atoms. The third-order valence-corrected chi connectivity index (χ3v) is 18.2. The molecule has 0 bridgehead atoms. The summed E-state index contributed by atoms with van der Waals surface area (Å²) in [5.74, 6) is 0.318. The van der Waals surface area contributed by atoms with Crippen molar-refractivity contribution in [1.29, 1.82) is 0 Å². The predicted molar refractivity (Wildman–Crippen MR) is 365 cm³/mol. The van der Waals surface area contributed by atoms with E-state index in [2.05, 4.69) is 134 Å². The normalized spacial score (nSPS) is 13.7. The number of ketones is 1. The van der Waals surface area contributed by atoms with Crippen LogP contribution >= 0.6 is 19.5 Å². The van der Waals surface area contributed by atoms with Crippen LogP contribution < -0.4 is 95.1 Å². The number of aryl methyl sites for hydroxylation is 2. The third kappa shape index (κ3) is 25.0. The van der Waals surface area contributed by atoms with Crippen molar-refractivity contribution in [2.75, 3.05) is 70.8 Å². The van der Waals surface area contributed by atoms with Gasteiger partial charge in [-0.2, -0.15) is 24.6 Å². The molecule has 95 heavy (non-hydrogen) atoms. The van der Waals surface area contributed by atoms with Crippen molar-refractivity contribution in [2.24, 2.45) is 4.99 Å². The van der Waals surface area contributed by atoms with Gasteiger partial charge < -0.3 is 41.8 Å². The number of hydrogen-bond acceptors (Lipinski definition) is 15. The van der Waals surface area contributed by atoms with E-state index in [9.17, 15) is 19.5 Å². The maximum absolute atomic E-state index is 13.4. The Bertz CT molecular complexity index is 3800. The zero-order valence-electron chi connectivity index (χ0n) is 55.3. The number of pyridine rings is 1. The van der Waals surface area contributed by atoms with E-state index < -0.39 is 35.7 Å². The van der Waals surface area contributed by atoms with Gasteiger partial charge in [0.05, 0.1) is 49.0 Å². The number of nitrogens with zero attached hydrogens (tertiary/aromatic N) is 3. The van der Waals surface area contributed by atoms with Crippen LogP contribution in [0.2, 0.25) is 5.02 Å². The second-order valence-corrected chi connectivity index (χ2v) is 26.2. The van der Waals surface area contributed by atoms with Crippen LogP contribution in [0.1, 0.15) is 116 Å². The van der Waals surface area contributed by atoms with E-state index >= 15 is 0 Å². The van der Waals surface area contributed by atoms with E-state index in [0.29, 0.717) is 94.6 Å². The van der Waals surface area contributed by atoms with Crippen LogP contribution in [0.25, 0.3) is 5.57 Å². The van der Waals surface area contributed by atoms with Gasteiger partial charge in [0.25, 0.3) is 5.91 Å². The van der Waals surface area contributed by atoms with Crippen molar-refractivity contribution in [1.82, 2.24) is 10.6 Å². The maximum Gasteiger partial charge on any atom is 1.00 e. The average molecular weight is 1390 g/mol. The number of rotatable bonds is 32. The molecule has 0 saturated carbocycles. The molecule has 3 heterocycles. The Labute approximate surface area is 612 Å². The number of amides is 2. The van der Waals surface area contributed by atoms with Crippen LogP contribution in [0.15, 0.2) is 169 Å². The molecule has 0 unspecified atom stereocenters. The summed E-state index contributed by atoms with van der Waals surface area (Å²) < 4.78 is 70.1. The topological polar surface area (TPSA) is 245 Å². The Kier molecular flexibility index (Phi) is 36.3. The van der Waals surface area contributed by atoms with Crippen molar-refractivity contribution in [3.05, 3.63) is 215 Å². The molecule has 0 atom stereocenters. The molecule has 24 heteroatoms. The molecule has 2 amide bonds. The second-order valence-electron chi connectivity index (χ2n) is 22.7. The third-order valence-electron chi connectivity index (χ3n) is 15.5. The number of hydrogen-bond donors (Lipinski definition) is 3. The number of aliphatic hydroxyl groups is 1. The molecule has 8 rings (SSSR count). The van der Waals surface area contributed by atoms with Crippen LogP contribution in [0, 0.1) is 13.0 Å². The number of ether oxygens (including phenoxy) is 3. The van der Waals surface area contributed by atoms with Gasteiger partial charge in [-0.15, -0.1) is 36.9 Å². The number of carbonyl (C=O) groups is 3. The summed E-state index contributed by atoms with van der Waals surface area (Å²) in [6.07, 6.45) is 15.9. The van der Waals surface area contributed by atoms with Crippen LogP contribution in [0.4, 0.5) is 11.5 Å². The first-order chi connectivity index (χ1) is 44.7. The number of Topliss-reactive ketones (excluding diaryl/α,β-unsaturated/α-hetero) is 1. The minimum Gasteiger partial charge on any atom is -0.388 e. The van der Waals surface area contributed by atoms with Gasteiger partial charge in [-0.25, -0.2) is 4.57 Å². The summed E-state index contributed by atoms with van der Waals surface area (Å²) in [6.45, 7) is 20.0. The van der Waals surface area contributed by atoms with Gasteiger partial charge >= 0.3 is 86.1 Å². The van der Waals surface area contributed by atoms with Crippen molar-refractivity contribution < 1.29 is 123 Å². The molecule has 0 fully saturated rings. The average Bonchev–Trinajstić information content (AvgIpc) is 1.63. The molecule has 2 aliphatic heterocycles. The van der Waals surface area contributed by atoms with Crippen molar-refractivity contribution in [3.63, 3.8) is 0 Å². The molecule has 5 aromatic carbocycles. The summed E-state index contributed by atoms with van der Waals surface area (Å²) in [5, 5.41) is 19.4. The number of carbonyl (C=O) groups excluding carboxylic acids is 3. The predicted octanol–water partition coefficient (Wildman–Crippen LogP) is 3.38. The molecule has 2 aliphatic rings. The summed E-state index contributed by atoms with van der Waals surface area (Å²) >= 11 is 6.70. The number of aliphatic imine (C=N–C) groups is 1. The number of aliphatic hydroxyl groups excluding tert-OH is 1. The monoisotopic (exact) mass is 1390 g/mol. The summed E-state index contributed by atoms with van der Waals surface area (Å²) in [7, 11) is -7.41. The number of anilines is 1. The number of benzene rings is 5. The fourth-order valence-corrected chi connectivity index (χ4v) is 13.5. The zero-order chi connectivity index (χ0) is 67.3. The molecule has 18 nitrogen and oxygen atoms in total. The first kappa shape index (κ1) is 81.8. The quantitative estimate of drug-likeness (QED) is 0.0104. The maximum atomic E-state index is 13.4. The Morgan fingerprint density at radius 1 is 0.747 bits per heavy atom. The first-order valence-electron chi connectivity index (χ1n) is 30.8. The largest absolute Gasteiger partial charge is 1.00 e. The van der Waals surface area contributed by atoms with E-state index in [1.54, 1.807) is 18.2 Å². The molecule has 0 saturated heterocycles. The summed E-state index contributed by atoms with van der Waals surface area (Å²) in [4.78, 5) is 47.0. The van der Waals surface area contributed by atoms with E-state index in [0.717, 1.165) is 82.1 Å². The molecular weight excluding hydrogens is 1310 g/mol.